The highest BCUT2D eigenvalue weighted by Gasteiger charge is 2.42. The first-order valence-electron chi connectivity index (χ1n) is 6.38. The minimum absolute atomic E-state index is 0.0244. The Morgan fingerprint density at radius 1 is 1.33 bits per heavy atom. The third-order valence-corrected chi connectivity index (χ3v) is 4.34. The molecule has 0 atom stereocenters. The average Bonchev–Trinajstić information content (AvgIpc) is 2.90. The van der Waals surface area contributed by atoms with Crippen LogP contribution in [0.4, 0.5) is 18.9 Å². The summed E-state index contributed by atoms with van der Waals surface area (Å²) in [5.41, 5.74) is -1.96. The van der Waals surface area contributed by atoms with Gasteiger partial charge < -0.3 is 5.32 Å². The van der Waals surface area contributed by atoms with Crippen LogP contribution in [0.2, 0.25) is 0 Å². The monoisotopic (exact) mass is 360 g/mol. The summed E-state index contributed by atoms with van der Waals surface area (Å²) in [5, 5.41) is 11.7. The molecule has 2 rings (SSSR count). The van der Waals surface area contributed by atoms with Crippen molar-refractivity contribution in [3.63, 3.8) is 0 Å². The topological polar surface area (TPSA) is 52.9 Å². The molecule has 1 N–H and O–H groups in total. The van der Waals surface area contributed by atoms with Crippen molar-refractivity contribution in [1.82, 2.24) is 0 Å². The van der Waals surface area contributed by atoms with Crippen molar-refractivity contribution in [3.8, 4) is 6.07 Å². The molecule has 0 bridgehead atoms. The summed E-state index contributed by atoms with van der Waals surface area (Å²) < 4.78 is 38.4. The number of amides is 1. The fourth-order valence-electron chi connectivity index (χ4n) is 2.41. The van der Waals surface area contributed by atoms with E-state index in [4.69, 9.17) is 0 Å². The van der Waals surface area contributed by atoms with Crippen molar-refractivity contribution < 1.29 is 18.0 Å². The quantitative estimate of drug-likeness (QED) is 0.844. The predicted octanol–water partition coefficient (Wildman–Crippen LogP) is 4.49. The lowest BCUT2D eigenvalue weighted by molar-refractivity contribution is -0.137. The van der Waals surface area contributed by atoms with Crippen molar-refractivity contribution in [1.29, 1.82) is 5.26 Å². The molecule has 0 radical (unpaired) electrons. The first-order valence-corrected chi connectivity index (χ1v) is 7.17. The van der Waals surface area contributed by atoms with E-state index >= 15 is 0 Å². The molecule has 112 valence electrons. The van der Waals surface area contributed by atoms with Gasteiger partial charge in [0.25, 0.3) is 0 Å². The zero-order chi connectivity index (χ0) is 15.7. The molecular formula is C14H12BrF3N2O. The number of halogens is 4. The lowest BCUT2D eigenvalue weighted by Crippen LogP contribution is -2.32. The van der Waals surface area contributed by atoms with E-state index in [0.717, 1.165) is 25.0 Å². The highest BCUT2D eigenvalue weighted by Crippen LogP contribution is 2.40. The number of nitrogens with zero attached hydrogens (tertiary/aromatic N) is 1. The van der Waals surface area contributed by atoms with Crippen molar-refractivity contribution in [2.24, 2.45) is 5.41 Å². The number of alkyl halides is 3. The summed E-state index contributed by atoms with van der Waals surface area (Å²) in [6.07, 6.45) is -2.08. The van der Waals surface area contributed by atoms with Gasteiger partial charge in [0.2, 0.25) is 5.91 Å². The van der Waals surface area contributed by atoms with Crippen LogP contribution < -0.4 is 5.32 Å². The standard InChI is InChI=1S/C14H12BrF3N2O/c15-10-4-3-9(14(16,17)18)7-11(10)20-12(21)13(8-19)5-1-2-6-13/h3-4,7H,1-2,5-6H2,(H,20,21). The van der Waals surface area contributed by atoms with E-state index < -0.39 is 23.1 Å². The van der Waals surface area contributed by atoms with Crippen molar-refractivity contribution in [2.75, 3.05) is 5.32 Å². The molecule has 0 heterocycles. The molecule has 0 spiro atoms. The van der Waals surface area contributed by atoms with E-state index in [2.05, 4.69) is 21.2 Å². The average molecular weight is 361 g/mol. The number of hydrogen-bond acceptors (Lipinski definition) is 2. The van der Waals surface area contributed by atoms with Gasteiger partial charge in [-0.2, -0.15) is 18.4 Å². The lowest BCUT2D eigenvalue weighted by Gasteiger charge is -2.20. The number of nitriles is 1. The maximum atomic E-state index is 12.7. The molecule has 1 aliphatic carbocycles. The molecular weight excluding hydrogens is 349 g/mol. The second-order valence-electron chi connectivity index (χ2n) is 5.05. The van der Waals surface area contributed by atoms with Gasteiger partial charge in [-0.25, -0.2) is 0 Å². The first-order chi connectivity index (χ1) is 9.78. The van der Waals surface area contributed by atoms with Gasteiger partial charge in [-0.05, 0) is 47.0 Å². The molecule has 1 saturated carbocycles. The first kappa shape index (κ1) is 15.8. The minimum Gasteiger partial charge on any atom is -0.324 e. The van der Waals surface area contributed by atoms with E-state index in [9.17, 15) is 23.2 Å². The number of benzene rings is 1. The molecule has 0 aliphatic heterocycles. The molecule has 1 aromatic rings. The zero-order valence-corrected chi connectivity index (χ0v) is 12.5. The molecule has 0 aromatic heterocycles. The Labute approximate surface area is 128 Å². The Kier molecular flexibility index (Phi) is 4.28. The van der Waals surface area contributed by atoms with E-state index in [1.807, 2.05) is 6.07 Å². The lowest BCUT2D eigenvalue weighted by atomic mass is 9.87. The molecule has 3 nitrogen and oxygen atoms in total. The Balaban J connectivity index is 2.27. The molecule has 0 unspecified atom stereocenters. The van der Waals surface area contributed by atoms with Gasteiger partial charge in [0.15, 0.2) is 0 Å². The predicted molar refractivity (Wildman–Crippen MR) is 74.3 cm³/mol. The summed E-state index contributed by atoms with van der Waals surface area (Å²) in [6, 6.07) is 5.03. The van der Waals surface area contributed by atoms with Crippen molar-refractivity contribution >= 4 is 27.5 Å². The van der Waals surface area contributed by atoms with Gasteiger partial charge in [0, 0.05) is 4.47 Å². The second-order valence-corrected chi connectivity index (χ2v) is 5.90. The molecule has 7 heteroatoms. The number of anilines is 1. The number of carbonyl (C=O) groups excluding carboxylic acids is 1. The van der Waals surface area contributed by atoms with Crippen LogP contribution >= 0.6 is 15.9 Å². The highest BCUT2D eigenvalue weighted by molar-refractivity contribution is 9.10. The summed E-state index contributed by atoms with van der Waals surface area (Å²) >= 11 is 3.11. The largest absolute Gasteiger partial charge is 0.416 e. The number of carbonyl (C=O) groups is 1. The number of hydrogen-bond donors (Lipinski definition) is 1. The maximum Gasteiger partial charge on any atom is 0.416 e. The van der Waals surface area contributed by atoms with Gasteiger partial charge in [-0.15, -0.1) is 0 Å². The molecule has 1 aromatic carbocycles. The summed E-state index contributed by atoms with van der Waals surface area (Å²) in [5.74, 6) is -0.539. The third kappa shape index (κ3) is 3.21. The molecule has 0 saturated heterocycles. The van der Waals surface area contributed by atoms with E-state index in [0.29, 0.717) is 17.3 Å². The second kappa shape index (κ2) is 5.68. The Morgan fingerprint density at radius 2 is 1.95 bits per heavy atom. The highest BCUT2D eigenvalue weighted by atomic mass is 79.9. The zero-order valence-electron chi connectivity index (χ0n) is 10.9. The van der Waals surface area contributed by atoms with E-state index in [-0.39, 0.29) is 5.69 Å². The SMILES string of the molecule is N#CC1(C(=O)Nc2cc(C(F)(F)F)ccc2Br)CCCC1. The number of nitrogens with one attached hydrogen (secondary N) is 1. The fraction of sp³-hybridized carbons (Fsp3) is 0.429. The van der Waals surface area contributed by atoms with Crippen molar-refractivity contribution in [3.05, 3.63) is 28.2 Å². The summed E-state index contributed by atoms with van der Waals surface area (Å²) in [4.78, 5) is 12.2. The Bertz CT molecular complexity index is 601. The van der Waals surface area contributed by atoms with Crippen LogP contribution in [0.25, 0.3) is 0 Å². The van der Waals surface area contributed by atoms with Crippen molar-refractivity contribution in [2.45, 2.75) is 31.9 Å². The third-order valence-electron chi connectivity index (χ3n) is 3.65. The van der Waals surface area contributed by atoms with Crippen LogP contribution in [0.5, 0.6) is 0 Å². The minimum atomic E-state index is -4.49. The Hall–Kier alpha value is -1.55. The van der Waals surface area contributed by atoms with Crippen LogP contribution in [0.3, 0.4) is 0 Å². The van der Waals surface area contributed by atoms with Crippen LogP contribution in [-0.4, -0.2) is 5.91 Å². The molecule has 1 aliphatic rings. The van der Waals surface area contributed by atoms with Crippen LogP contribution in [-0.2, 0) is 11.0 Å². The van der Waals surface area contributed by atoms with Crippen LogP contribution in [0.1, 0.15) is 31.2 Å². The van der Waals surface area contributed by atoms with E-state index in [1.54, 1.807) is 0 Å². The Morgan fingerprint density at radius 3 is 2.48 bits per heavy atom. The van der Waals surface area contributed by atoms with Gasteiger partial charge in [-0.3, -0.25) is 4.79 Å². The summed E-state index contributed by atoms with van der Waals surface area (Å²) in [6.45, 7) is 0. The van der Waals surface area contributed by atoms with Crippen LogP contribution in [0, 0.1) is 16.7 Å². The van der Waals surface area contributed by atoms with Crippen LogP contribution in [0.15, 0.2) is 22.7 Å². The van der Waals surface area contributed by atoms with Gasteiger partial charge in [-0.1, -0.05) is 12.8 Å². The molecule has 1 amide bonds. The van der Waals surface area contributed by atoms with Gasteiger partial charge >= 0.3 is 6.18 Å². The normalized spacial score (nSPS) is 17.3. The van der Waals surface area contributed by atoms with E-state index in [1.165, 1.54) is 6.07 Å². The smallest absolute Gasteiger partial charge is 0.324 e. The summed E-state index contributed by atoms with van der Waals surface area (Å²) in [7, 11) is 0. The van der Waals surface area contributed by atoms with Gasteiger partial charge in [0.05, 0.1) is 17.3 Å². The molecule has 1 fully saturated rings. The van der Waals surface area contributed by atoms with Gasteiger partial charge in [0.1, 0.15) is 5.41 Å². The fourth-order valence-corrected chi connectivity index (χ4v) is 2.75. The molecule has 21 heavy (non-hydrogen) atoms. The number of rotatable bonds is 2. The maximum absolute atomic E-state index is 12.7.